The number of unbranched alkanes of at least 4 members (excludes halogenated alkanes) is 12. The van der Waals surface area contributed by atoms with Crippen LogP contribution in [-0.2, 0) is 23.7 Å². The summed E-state index contributed by atoms with van der Waals surface area (Å²) in [6, 6.07) is -0.953. The third-order valence-electron chi connectivity index (χ3n) is 14.4. The van der Waals surface area contributed by atoms with Gasteiger partial charge >= 0.3 is 0 Å². The van der Waals surface area contributed by atoms with Crippen LogP contribution < -0.4 is 5.32 Å². The molecule has 12 unspecified atom stereocenters. The number of nitrogens with one attached hydrogen (secondary N) is 1. The summed E-state index contributed by atoms with van der Waals surface area (Å²) >= 11 is 0. The Balaban J connectivity index is 1.66. The molecule has 1 amide bonds. The molecule has 85 heavy (non-hydrogen) atoms. The van der Waals surface area contributed by atoms with E-state index >= 15 is 0 Å². The van der Waals surface area contributed by atoms with Crippen LogP contribution in [0.1, 0.15) is 187 Å². The molecular weight excluding hydrogens is 1070 g/mol. The molecule has 9 N–H and O–H groups in total. The summed E-state index contributed by atoms with van der Waals surface area (Å²) in [6.07, 6.45) is 65.9. The van der Waals surface area contributed by atoms with Crippen LogP contribution in [0.15, 0.2) is 158 Å². The second-order valence-corrected chi connectivity index (χ2v) is 21.8. The fraction of sp³-hybridized carbons (Fsp3) is 0.620. The molecule has 14 heteroatoms. The Morgan fingerprint density at radius 1 is 0.435 bits per heavy atom. The highest BCUT2D eigenvalue weighted by Gasteiger charge is 2.51. The van der Waals surface area contributed by atoms with Gasteiger partial charge in [0.1, 0.15) is 48.8 Å². The van der Waals surface area contributed by atoms with Gasteiger partial charge in [-0.1, -0.05) is 223 Å². The minimum atomic E-state index is -1.80. The second-order valence-electron chi connectivity index (χ2n) is 21.8. The number of aliphatic hydroxyl groups excluding tert-OH is 8. The largest absolute Gasteiger partial charge is 0.394 e. The van der Waals surface area contributed by atoms with Gasteiger partial charge in [-0.25, -0.2) is 0 Å². The summed E-state index contributed by atoms with van der Waals surface area (Å²) in [5.41, 5.74) is 0. The van der Waals surface area contributed by atoms with Gasteiger partial charge in [-0.3, -0.25) is 4.79 Å². The molecule has 2 fully saturated rings. The van der Waals surface area contributed by atoms with Gasteiger partial charge in [0.05, 0.1) is 32.0 Å². The Bertz CT molecular complexity index is 2030. The molecular formula is C71H113NO13. The minimum absolute atomic E-state index is 0.240. The summed E-state index contributed by atoms with van der Waals surface area (Å²) in [5.74, 6) is -0.277. The van der Waals surface area contributed by atoms with Crippen LogP contribution in [0.25, 0.3) is 0 Å². The van der Waals surface area contributed by atoms with Crippen LogP contribution in [0.4, 0.5) is 0 Å². The lowest BCUT2D eigenvalue weighted by Gasteiger charge is -2.46. The average molecular weight is 1190 g/mol. The molecule has 0 saturated carbocycles. The molecule has 0 bridgehead atoms. The number of allylic oxidation sites excluding steroid dienone is 25. The van der Waals surface area contributed by atoms with E-state index in [1.807, 2.05) is 6.08 Å². The number of amides is 1. The molecule has 2 aliphatic heterocycles. The number of aliphatic hydroxyl groups is 8. The first-order chi connectivity index (χ1) is 41.6. The Labute approximate surface area is 512 Å². The molecule has 14 nitrogen and oxygen atoms in total. The van der Waals surface area contributed by atoms with Gasteiger partial charge in [-0.15, -0.1) is 0 Å². The molecule has 0 aromatic rings. The van der Waals surface area contributed by atoms with E-state index in [-0.39, 0.29) is 18.9 Å². The standard InChI is InChI=1S/C71H113NO13/c1-3-5-7-9-11-13-15-17-18-19-20-21-22-23-24-25-26-27-28-29-30-31-32-33-34-35-36-37-38-39-40-41-42-43-45-47-49-51-53-55-63(76)72-59(60(75)54-52-50-48-46-44-16-14-12-10-8-6-4-2)58-82-70-68(81)66(79)69(62(57-74)84-70)85-71-67(80)65(78)64(77)61(56-73)83-71/h5,7,11,13,17-18,20-21,23-24,26-27,29-30,32-33,35-36,38-39,41-42,44,46,52,54,59-62,64-71,73-75,77-81H,3-4,6,8-10,12,14-16,19,22,25,28,31,34,37,40,43,45,47-51,53,55-58H2,1-2H3,(H,72,76)/b7-5-,13-11-,18-17-,21-20-,24-23-,27-26-,30-29-,33-32-,36-35-,39-38-,42-41-,46-44+,54-52+. The van der Waals surface area contributed by atoms with Crippen molar-refractivity contribution in [2.75, 3.05) is 19.8 Å². The maximum atomic E-state index is 13.2. The van der Waals surface area contributed by atoms with Crippen LogP contribution in [0.2, 0.25) is 0 Å². The number of carbonyl (C=O) groups is 1. The molecule has 0 aliphatic carbocycles. The van der Waals surface area contributed by atoms with Crippen LogP contribution in [0.3, 0.4) is 0 Å². The maximum Gasteiger partial charge on any atom is 0.220 e. The third kappa shape index (κ3) is 38.5. The lowest BCUT2D eigenvalue weighted by molar-refractivity contribution is -0.359. The monoisotopic (exact) mass is 1190 g/mol. The normalized spacial score (nSPS) is 24.6. The van der Waals surface area contributed by atoms with E-state index < -0.39 is 86.8 Å². The van der Waals surface area contributed by atoms with Crippen LogP contribution >= 0.6 is 0 Å². The smallest absolute Gasteiger partial charge is 0.220 e. The zero-order chi connectivity index (χ0) is 61.6. The molecule has 2 saturated heterocycles. The first kappa shape index (κ1) is 76.7. The number of hydrogen-bond donors (Lipinski definition) is 9. The van der Waals surface area contributed by atoms with Crippen LogP contribution in [-0.4, -0.2) is 140 Å². The summed E-state index contributed by atoms with van der Waals surface area (Å²) < 4.78 is 22.7. The highest BCUT2D eigenvalue weighted by Crippen LogP contribution is 2.30. The fourth-order valence-electron chi connectivity index (χ4n) is 9.31. The fourth-order valence-corrected chi connectivity index (χ4v) is 9.31. The zero-order valence-corrected chi connectivity index (χ0v) is 51.8. The predicted molar refractivity (Wildman–Crippen MR) is 345 cm³/mol. The maximum absolute atomic E-state index is 13.2. The molecule has 0 aromatic heterocycles. The number of ether oxygens (including phenoxy) is 4. The van der Waals surface area contributed by atoms with Crippen LogP contribution in [0, 0.1) is 0 Å². The number of rotatable bonds is 49. The second kappa shape index (κ2) is 53.8. The highest BCUT2D eigenvalue weighted by atomic mass is 16.7. The van der Waals surface area contributed by atoms with Crippen LogP contribution in [0.5, 0.6) is 0 Å². The van der Waals surface area contributed by atoms with Gasteiger partial charge in [0.15, 0.2) is 12.6 Å². The van der Waals surface area contributed by atoms with Gasteiger partial charge in [-0.2, -0.15) is 0 Å². The van der Waals surface area contributed by atoms with Crippen molar-refractivity contribution in [1.82, 2.24) is 5.32 Å². The first-order valence-corrected chi connectivity index (χ1v) is 32.2. The summed E-state index contributed by atoms with van der Waals surface area (Å²) in [5, 5.41) is 87.0. The van der Waals surface area contributed by atoms with Gasteiger partial charge in [-0.05, 0) is 116 Å². The van der Waals surface area contributed by atoms with E-state index in [9.17, 15) is 45.6 Å². The number of hydrogen-bond acceptors (Lipinski definition) is 13. The van der Waals surface area contributed by atoms with Crippen molar-refractivity contribution in [2.45, 2.75) is 261 Å². The molecule has 12 atom stereocenters. The van der Waals surface area contributed by atoms with E-state index in [1.165, 1.54) is 38.5 Å². The Hall–Kier alpha value is -4.39. The molecule has 2 rings (SSSR count). The summed E-state index contributed by atoms with van der Waals surface area (Å²) in [6.45, 7) is 2.60. The Morgan fingerprint density at radius 3 is 1.29 bits per heavy atom. The summed E-state index contributed by atoms with van der Waals surface area (Å²) in [4.78, 5) is 13.2. The van der Waals surface area contributed by atoms with Crippen molar-refractivity contribution < 1.29 is 64.6 Å². The Morgan fingerprint density at radius 2 is 0.824 bits per heavy atom. The van der Waals surface area contributed by atoms with Crippen molar-refractivity contribution in [1.29, 1.82) is 0 Å². The van der Waals surface area contributed by atoms with Crippen molar-refractivity contribution in [3.63, 3.8) is 0 Å². The van der Waals surface area contributed by atoms with Gasteiger partial charge in [0, 0.05) is 6.42 Å². The van der Waals surface area contributed by atoms with Crippen molar-refractivity contribution in [2.24, 2.45) is 0 Å². The lowest BCUT2D eigenvalue weighted by atomic mass is 9.97. The Kier molecular flexibility index (Phi) is 48.6. The van der Waals surface area contributed by atoms with E-state index in [0.717, 1.165) is 116 Å². The highest BCUT2D eigenvalue weighted by molar-refractivity contribution is 5.76. The van der Waals surface area contributed by atoms with E-state index in [0.29, 0.717) is 12.8 Å². The van der Waals surface area contributed by atoms with E-state index in [4.69, 9.17) is 18.9 Å². The summed E-state index contributed by atoms with van der Waals surface area (Å²) in [7, 11) is 0. The SMILES string of the molecule is CC/C=C\C/C=C\C/C=C\C/C=C\C/C=C\C/C=C\C/C=C\C/C=C\C/C=C\C/C=C\C/C=C\CCCCCCCC(=O)NC(COC1OC(CO)C(OC2OC(CO)C(O)C(O)C2O)C(O)C1O)C(O)/C=C/CC/C=C/CCCCCCCC. The lowest BCUT2D eigenvalue weighted by Crippen LogP contribution is -2.65. The number of carbonyl (C=O) groups excluding carboxylic acids is 1. The molecule has 0 spiro atoms. The first-order valence-electron chi connectivity index (χ1n) is 32.2. The zero-order valence-electron chi connectivity index (χ0n) is 51.8. The quantitative estimate of drug-likeness (QED) is 0.0204. The molecule has 0 radical (unpaired) electrons. The van der Waals surface area contributed by atoms with Gasteiger partial charge in [0.25, 0.3) is 0 Å². The van der Waals surface area contributed by atoms with Crippen molar-refractivity contribution >= 4 is 5.91 Å². The molecule has 2 aliphatic rings. The molecule has 0 aromatic carbocycles. The van der Waals surface area contributed by atoms with Gasteiger partial charge < -0.3 is 65.1 Å². The molecule has 2 heterocycles. The van der Waals surface area contributed by atoms with Crippen molar-refractivity contribution in [3.05, 3.63) is 158 Å². The van der Waals surface area contributed by atoms with E-state index in [2.05, 4.69) is 165 Å². The third-order valence-corrected chi connectivity index (χ3v) is 14.4. The predicted octanol–water partition coefficient (Wildman–Crippen LogP) is 12.3. The topological polar surface area (TPSA) is 228 Å². The van der Waals surface area contributed by atoms with Crippen molar-refractivity contribution in [3.8, 4) is 0 Å². The van der Waals surface area contributed by atoms with Gasteiger partial charge in [0.2, 0.25) is 5.91 Å². The average Bonchev–Trinajstić information content (AvgIpc) is 3.60. The minimum Gasteiger partial charge on any atom is -0.394 e. The molecule has 480 valence electrons. The van der Waals surface area contributed by atoms with E-state index in [1.54, 1.807) is 6.08 Å².